The summed E-state index contributed by atoms with van der Waals surface area (Å²) in [5.41, 5.74) is -1.19. The number of hydrogen-bond donors (Lipinski definition) is 2. The molecule has 1 fully saturated rings. The summed E-state index contributed by atoms with van der Waals surface area (Å²) in [7, 11) is 0. The van der Waals surface area contributed by atoms with Gasteiger partial charge in [0.1, 0.15) is 12.1 Å². The molecule has 0 aliphatic heterocycles. The van der Waals surface area contributed by atoms with E-state index in [0.29, 0.717) is 6.54 Å². The SMILES string of the molecule is CCNC(COCC(F)F)(C(=O)O)C1CC1. The molecular formula is C10H17F2NO3. The molecule has 16 heavy (non-hydrogen) atoms. The summed E-state index contributed by atoms with van der Waals surface area (Å²) in [4.78, 5) is 11.2. The minimum absolute atomic E-state index is 0.0115. The van der Waals surface area contributed by atoms with Crippen LogP contribution in [0.15, 0.2) is 0 Å². The van der Waals surface area contributed by atoms with Crippen molar-refractivity contribution >= 4 is 5.97 Å². The van der Waals surface area contributed by atoms with E-state index in [4.69, 9.17) is 4.74 Å². The van der Waals surface area contributed by atoms with Gasteiger partial charge in [0.05, 0.1) is 6.61 Å². The summed E-state index contributed by atoms with van der Waals surface area (Å²) >= 11 is 0. The molecule has 0 aromatic carbocycles. The van der Waals surface area contributed by atoms with Gasteiger partial charge in [-0.3, -0.25) is 10.1 Å². The highest BCUT2D eigenvalue weighted by atomic mass is 19.3. The number of halogens is 2. The van der Waals surface area contributed by atoms with Crippen LogP contribution in [0.1, 0.15) is 19.8 Å². The van der Waals surface area contributed by atoms with E-state index in [1.165, 1.54) is 0 Å². The standard InChI is InChI=1S/C10H17F2NO3/c1-2-13-10(9(14)15,7-3-4-7)6-16-5-8(11)12/h7-8,13H,2-6H2,1H3,(H,14,15). The molecule has 1 atom stereocenters. The van der Waals surface area contributed by atoms with Crippen molar-refractivity contribution in [1.82, 2.24) is 5.32 Å². The number of carbonyl (C=O) groups is 1. The van der Waals surface area contributed by atoms with Crippen LogP contribution in [-0.4, -0.2) is 42.8 Å². The number of aliphatic carboxylic acids is 1. The van der Waals surface area contributed by atoms with E-state index >= 15 is 0 Å². The second-order valence-corrected chi connectivity index (χ2v) is 3.99. The van der Waals surface area contributed by atoms with E-state index < -0.39 is 24.5 Å². The lowest BCUT2D eigenvalue weighted by Crippen LogP contribution is -2.57. The highest BCUT2D eigenvalue weighted by molar-refractivity contribution is 5.80. The van der Waals surface area contributed by atoms with Crippen molar-refractivity contribution in [2.24, 2.45) is 5.92 Å². The van der Waals surface area contributed by atoms with Gasteiger partial charge in [0.15, 0.2) is 0 Å². The van der Waals surface area contributed by atoms with Crippen LogP contribution in [0.4, 0.5) is 8.78 Å². The second-order valence-electron chi connectivity index (χ2n) is 3.99. The van der Waals surface area contributed by atoms with Gasteiger partial charge in [-0.2, -0.15) is 0 Å². The fourth-order valence-electron chi connectivity index (χ4n) is 1.83. The van der Waals surface area contributed by atoms with Gasteiger partial charge >= 0.3 is 5.97 Å². The third-order valence-electron chi connectivity index (χ3n) is 2.72. The molecule has 0 aromatic rings. The minimum atomic E-state index is -2.56. The van der Waals surface area contributed by atoms with Crippen molar-refractivity contribution < 1.29 is 23.4 Å². The molecule has 1 aliphatic rings. The van der Waals surface area contributed by atoms with E-state index in [1.807, 2.05) is 0 Å². The summed E-state index contributed by atoms with van der Waals surface area (Å²) < 4.78 is 28.6. The predicted molar refractivity (Wildman–Crippen MR) is 53.6 cm³/mol. The Morgan fingerprint density at radius 3 is 2.62 bits per heavy atom. The highest BCUT2D eigenvalue weighted by Crippen LogP contribution is 2.40. The quantitative estimate of drug-likeness (QED) is 0.664. The summed E-state index contributed by atoms with van der Waals surface area (Å²) in [5, 5.41) is 12.1. The van der Waals surface area contributed by atoms with Gasteiger partial charge in [0, 0.05) is 0 Å². The largest absolute Gasteiger partial charge is 0.480 e. The maximum absolute atomic E-state index is 11.9. The number of rotatable bonds is 8. The average molecular weight is 237 g/mol. The zero-order chi connectivity index (χ0) is 12.2. The first kappa shape index (κ1) is 13.3. The minimum Gasteiger partial charge on any atom is -0.480 e. The number of alkyl halides is 2. The molecule has 0 radical (unpaired) electrons. The first-order valence-electron chi connectivity index (χ1n) is 5.37. The van der Waals surface area contributed by atoms with E-state index in [1.54, 1.807) is 6.92 Å². The van der Waals surface area contributed by atoms with Crippen LogP contribution >= 0.6 is 0 Å². The highest BCUT2D eigenvalue weighted by Gasteiger charge is 2.51. The van der Waals surface area contributed by atoms with Gasteiger partial charge in [0.25, 0.3) is 6.43 Å². The topological polar surface area (TPSA) is 58.6 Å². The number of likely N-dealkylation sites (N-methyl/N-ethyl adjacent to an activating group) is 1. The molecule has 0 heterocycles. The number of hydrogen-bond acceptors (Lipinski definition) is 3. The molecule has 2 N–H and O–H groups in total. The van der Waals surface area contributed by atoms with Crippen LogP contribution in [-0.2, 0) is 9.53 Å². The van der Waals surface area contributed by atoms with Crippen molar-refractivity contribution in [2.75, 3.05) is 19.8 Å². The second kappa shape index (κ2) is 5.54. The van der Waals surface area contributed by atoms with Crippen LogP contribution in [0.2, 0.25) is 0 Å². The summed E-state index contributed by atoms with van der Waals surface area (Å²) in [6.07, 6.45) is -0.957. The van der Waals surface area contributed by atoms with Crippen molar-refractivity contribution in [1.29, 1.82) is 0 Å². The molecule has 1 aliphatic carbocycles. The third-order valence-corrected chi connectivity index (χ3v) is 2.72. The zero-order valence-electron chi connectivity index (χ0n) is 9.21. The Balaban J connectivity index is 2.57. The molecule has 4 nitrogen and oxygen atoms in total. The van der Waals surface area contributed by atoms with Crippen molar-refractivity contribution in [3.63, 3.8) is 0 Å². The first-order valence-corrected chi connectivity index (χ1v) is 5.37. The number of nitrogens with one attached hydrogen (secondary N) is 1. The molecule has 0 amide bonds. The molecule has 0 saturated heterocycles. The Labute approximate surface area is 93.0 Å². The Bertz CT molecular complexity index is 246. The van der Waals surface area contributed by atoms with Crippen LogP contribution in [0.3, 0.4) is 0 Å². The van der Waals surface area contributed by atoms with Gasteiger partial charge < -0.3 is 9.84 Å². The lowest BCUT2D eigenvalue weighted by molar-refractivity contribution is -0.150. The Hall–Kier alpha value is -0.750. The summed E-state index contributed by atoms with van der Waals surface area (Å²) in [6, 6.07) is 0. The van der Waals surface area contributed by atoms with Crippen LogP contribution in [0, 0.1) is 5.92 Å². The van der Waals surface area contributed by atoms with Gasteiger partial charge in [-0.25, -0.2) is 8.78 Å². The van der Waals surface area contributed by atoms with E-state index in [9.17, 15) is 18.7 Å². The maximum atomic E-state index is 11.9. The summed E-state index contributed by atoms with van der Waals surface area (Å²) in [6.45, 7) is 1.34. The molecule has 94 valence electrons. The molecule has 1 unspecified atom stereocenters. The Morgan fingerprint density at radius 1 is 1.62 bits per heavy atom. The third kappa shape index (κ3) is 3.12. The van der Waals surface area contributed by atoms with Gasteiger partial charge in [-0.15, -0.1) is 0 Å². The fourth-order valence-corrected chi connectivity index (χ4v) is 1.83. The van der Waals surface area contributed by atoms with E-state index in [0.717, 1.165) is 12.8 Å². The molecule has 0 spiro atoms. The molecule has 6 heteroatoms. The molecule has 0 bridgehead atoms. The van der Waals surface area contributed by atoms with Gasteiger partial charge in [0.2, 0.25) is 0 Å². The van der Waals surface area contributed by atoms with Crippen LogP contribution in [0.25, 0.3) is 0 Å². The predicted octanol–water partition coefficient (Wildman–Crippen LogP) is 1.11. The summed E-state index contributed by atoms with van der Waals surface area (Å²) in [5.74, 6) is -1.03. The van der Waals surface area contributed by atoms with Crippen LogP contribution in [0.5, 0.6) is 0 Å². The lowest BCUT2D eigenvalue weighted by Gasteiger charge is -2.30. The molecule has 1 saturated carbocycles. The number of carboxylic acid groups (broad SMARTS) is 1. The Morgan fingerprint density at radius 2 is 2.25 bits per heavy atom. The average Bonchev–Trinajstić information content (AvgIpc) is 2.98. The lowest BCUT2D eigenvalue weighted by atomic mass is 9.94. The normalized spacial score (nSPS) is 19.8. The van der Waals surface area contributed by atoms with Crippen molar-refractivity contribution in [2.45, 2.75) is 31.7 Å². The first-order chi connectivity index (χ1) is 7.53. The van der Waals surface area contributed by atoms with Crippen molar-refractivity contribution in [3.05, 3.63) is 0 Å². The maximum Gasteiger partial charge on any atom is 0.326 e. The Kier molecular flexibility index (Phi) is 4.61. The van der Waals surface area contributed by atoms with Gasteiger partial charge in [-0.1, -0.05) is 6.92 Å². The molecule has 0 aromatic heterocycles. The number of ether oxygens (including phenoxy) is 1. The molecule has 1 rings (SSSR count). The van der Waals surface area contributed by atoms with E-state index in [-0.39, 0.29) is 12.5 Å². The van der Waals surface area contributed by atoms with Crippen LogP contribution < -0.4 is 5.32 Å². The fraction of sp³-hybridized carbons (Fsp3) is 0.900. The van der Waals surface area contributed by atoms with Crippen molar-refractivity contribution in [3.8, 4) is 0 Å². The smallest absolute Gasteiger partial charge is 0.326 e. The van der Waals surface area contributed by atoms with Gasteiger partial charge in [-0.05, 0) is 25.3 Å². The van der Waals surface area contributed by atoms with E-state index in [2.05, 4.69) is 5.32 Å². The molecular weight excluding hydrogens is 220 g/mol. The zero-order valence-corrected chi connectivity index (χ0v) is 9.21. The monoisotopic (exact) mass is 237 g/mol. The number of carboxylic acids is 1.